The van der Waals surface area contributed by atoms with Crippen LogP contribution in [-0.4, -0.2) is 68.2 Å². The third kappa shape index (κ3) is 6.74. The maximum absolute atomic E-state index is 13.3. The zero-order chi connectivity index (χ0) is 24.9. The average molecular weight is 486 g/mol. The molecular weight excluding hydrogens is 454 g/mol. The minimum Gasteiger partial charge on any atom is -0.508 e. The second kappa shape index (κ2) is 10.9. The van der Waals surface area contributed by atoms with Gasteiger partial charge in [-0.05, 0) is 57.0 Å². The van der Waals surface area contributed by atoms with Gasteiger partial charge in [-0.25, -0.2) is 0 Å². The third-order valence-corrected chi connectivity index (χ3v) is 6.36. The number of aliphatic hydroxyl groups is 1. The molecule has 0 saturated carbocycles. The first kappa shape index (κ1) is 25.6. The number of rotatable bonds is 7. The molecule has 1 heterocycles. The highest BCUT2D eigenvalue weighted by molar-refractivity contribution is 7.99. The van der Waals surface area contributed by atoms with Crippen molar-refractivity contribution in [2.24, 2.45) is 0 Å². The van der Waals surface area contributed by atoms with Crippen molar-refractivity contribution in [3.8, 4) is 5.75 Å². The SMILES string of the molecule is CC(C)(C)NC(=O)[C@@H]1CSCN1C(=O)[C@@H](O)[C@H](Cc1ccccc1)NC(=O)c1ccc(O)cc1. The van der Waals surface area contributed by atoms with Crippen molar-refractivity contribution in [2.45, 2.75) is 50.9 Å². The Morgan fingerprint density at radius 3 is 2.35 bits per heavy atom. The van der Waals surface area contributed by atoms with Crippen LogP contribution < -0.4 is 10.6 Å². The fourth-order valence-corrected chi connectivity index (χ4v) is 4.81. The first-order chi connectivity index (χ1) is 16.0. The van der Waals surface area contributed by atoms with E-state index in [0.29, 0.717) is 5.75 Å². The van der Waals surface area contributed by atoms with Crippen molar-refractivity contribution in [2.75, 3.05) is 11.6 Å². The number of nitrogens with one attached hydrogen (secondary N) is 2. The predicted octanol–water partition coefficient (Wildman–Crippen LogP) is 1.91. The molecule has 2 aromatic carbocycles. The molecule has 3 atom stereocenters. The highest BCUT2D eigenvalue weighted by Gasteiger charge is 2.40. The number of phenolic OH excluding ortho intramolecular Hbond substituents is 1. The molecule has 0 bridgehead atoms. The molecule has 9 heteroatoms. The molecule has 1 saturated heterocycles. The van der Waals surface area contributed by atoms with E-state index in [9.17, 15) is 24.6 Å². The van der Waals surface area contributed by atoms with Crippen LogP contribution in [0.15, 0.2) is 54.6 Å². The Balaban J connectivity index is 1.79. The van der Waals surface area contributed by atoms with Crippen molar-refractivity contribution in [1.82, 2.24) is 15.5 Å². The van der Waals surface area contributed by atoms with Gasteiger partial charge in [0.25, 0.3) is 11.8 Å². The lowest BCUT2D eigenvalue weighted by Crippen LogP contribution is -2.57. The van der Waals surface area contributed by atoms with Crippen molar-refractivity contribution in [3.63, 3.8) is 0 Å². The van der Waals surface area contributed by atoms with Gasteiger partial charge in [0.2, 0.25) is 5.91 Å². The molecule has 8 nitrogen and oxygen atoms in total. The topological polar surface area (TPSA) is 119 Å². The van der Waals surface area contributed by atoms with Gasteiger partial charge in [-0.15, -0.1) is 11.8 Å². The molecule has 0 aromatic heterocycles. The number of carbonyl (C=O) groups is 3. The molecule has 0 radical (unpaired) electrons. The second-order valence-corrected chi connectivity index (χ2v) is 10.3. The summed E-state index contributed by atoms with van der Waals surface area (Å²) in [4.78, 5) is 40.3. The molecule has 0 aliphatic carbocycles. The Hall–Kier alpha value is -3.04. The molecule has 4 N–H and O–H groups in total. The zero-order valence-electron chi connectivity index (χ0n) is 19.5. The molecule has 0 spiro atoms. The van der Waals surface area contributed by atoms with Gasteiger partial charge in [-0.2, -0.15) is 0 Å². The van der Waals surface area contributed by atoms with Gasteiger partial charge in [0.1, 0.15) is 11.8 Å². The Labute approximate surface area is 203 Å². The number of thioether (sulfide) groups is 1. The van der Waals surface area contributed by atoms with E-state index in [-0.39, 0.29) is 29.5 Å². The summed E-state index contributed by atoms with van der Waals surface area (Å²) in [5.41, 5.74) is 0.670. The first-order valence-electron chi connectivity index (χ1n) is 11.1. The quantitative estimate of drug-likeness (QED) is 0.476. The summed E-state index contributed by atoms with van der Waals surface area (Å²) in [6.07, 6.45) is -1.33. The van der Waals surface area contributed by atoms with Crippen LogP contribution in [0.25, 0.3) is 0 Å². The van der Waals surface area contributed by atoms with Crippen LogP contribution in [0.5, 0.6) is 5.75 Å². The number of phenols is 1. The lowest BCUT2D eigenvalue weighted by Gasteiger charge is -2.31. The Morgan fingerprint density at radius 1 is 1.09 bits per heavy atom. The maximum Gasteiger partial charge on any atom is 0.254 e. The number of aliphatic hydroxyl groups excluding tert-OH is 1. The van der Waals surface area contributed by atoms with Crippen molar-refractivity contribution in [1.29, 1.82) is 0 Å². The summed E-state index contributed by atoms with van der Waals surface area (Å²) in [5, 5.41) is 26.2. The van der Waals surface area contributed by atoms with E-state index in [0.717, 1.165) is 5.56 Å². The highest BCUT2D eigenvalue weighted by atomic mass is 32.2. The van der Waals surface area contributed by atoms with Gasteiger partial charge >= 0.3 is 0 Å². The van der Waals surface area contributed by atoms with Crippen LogP contribution in [0.2, 0.25) is 0 Å². The van der Waals surface area contributed by atoms with E-state index in [1.54, 1.807) is 0 Å². The van der Waals surface area contributed by atoms with E-state index in [4.69, 9.17) is 0 Å². The van der Waals surface area contributed by atoms with E-state index in [1.807, 2.05) is 51.1 Å². The molecule has 182 valence electrons. The first-order valence-corrected chi connectivity index (χ1v) is 12.2. The summed E-state index contributed by atoms with van der Waals surface area (Å²) in [7, 11) is 0. The Bertz CT molecular complexity index is 1010. The average Bonchev–Trinajstić information content (AvgIpc) is 3.28. The van der Waals surface area contributed by atoms with Gasteiger partial charge in [-0.1, -0.05) is 30.3 Å². The van der Waals surface area contributed by atoms with E-state index in [2.05, 4.69) is 10.6 Å². The zero-order valence-corrected chi connectivity index (χ0v) is 20.3. The van der Waals surface area contributed by atoms with Gasteiger partial charge in [0, 0.05) is 16.9 Å². The highest BCUT2D eigenvalue weighted by Crippen LogP contribution is 2.24. The number of benzene rings is 2. The molecule has 34 heavy (non-hydrogen) atoms. The standard InChI is InChI=1S/C25H31N3O5S/c1-25(2,3)27-23(32)20-14-34-15-28(20)24(33)21(30)19(13-16-7-5-4-6-8-16)26-22(31)17-9-11-18(29)12-10-17/h4-12,19-21,29-30H,13-15H2,1-3H3,(H,26,31)(H,27,32)/t19-,20-,21-/m0/s1. The summed E-state index contributed by atoms with van der Waals surface area (Å²) < 4.78 is 0. The normalized spacial score (nSPS) is 17.6. The van der Waals surface area contributed by atoms with Gasteiger partial charge < -0.3 is 25.7 Å². The van der Waals surface area contributed by atoms with Gasteiger partial charge in [0.15, 0.2) is 6.10 Å². The Kier molecular flexibility index (Phi) is 8.22. The number of amides is 3. The maximum atomic E-state index is 13.3. The molecular formula is C25H31N3O5S. The van der Waals surface area contributed by atoms with Crippen LogP contribution in [-0.2, 0) is 16.0 Å². The molecule has 0 unspecified atom stereocenters. The summed E-state index contributed by atoms with van der Waals surface area (Å²) in [6.45, 7) is 5.59. The number of hydrogen-bond acceptors (Lipinski definition) is 6. The fraction of sp³-hybridized carbons (Fsp3) is 0.400. The van der Waals surface area contributed by atoms with Crippen molar-refractivity contribution >= 4 is 29.5 Å². The number of carbonyl (C=O) groups excluding carboxylic acids is 3. The van der Waals surface area contributed by atoms with Crippen LogP contribution in [0.3, 0.4) is 0 Å². The van der Waals surface area contributed by atoms with Gasteiger partial charge in [0.05, 0.1) is 11.9 Å². The monoisotopic (exact) mass is 485 g/mol. The minimum absolute atomic E-state index is 0.0266. The van der Waals surface area contributed by atoms with Crippen LogP contribution in [0, 0.1) is 0 Å². The molecule has 1 fully saturated rings. The summed E-state index contributed by atoms with van der Waals surface area (Å²) in [5.74, 6) is -0.618. The fourth-order valence-electron chi connectivity index (χ4n) is 3.65. The van der Waals surface area contributed by atoms with Crippen LogP contribution in [0.1, 0.15) is 36.7 Å². The molecule has 3 rings (SSSR count). The third-order valence-electron chi connectivity index (χ3n) is 5.34. The molecule has 2 aromatic rings. The number of aromatic hydroxyl groups is 1. The largest absolute Gasteiger partial charge is 0.508 e. The summed E-state index contributed by atoms with van der Waals surface area (Å²) >= 11 is 1.44. The Morgan fingerprint density at radius 2 is 1.74 bits per heavy atom. The number of hydrogen-bond donors (Lipinski definition) is 4. The van der Waals surface area contributed by atoms with Crippen LogP contribution >= 0.6 is 11.8 Å². The minimum atomic E-state index is -1.55. The molecule has 1 aliphatic heterocycles. The van der Waals surface area contributed by atoms with Crippen molar-refractivity contribution < 1.29 is 24.6 Å². The van der Waals surface area contributed by atoms with E-state index in [1.165, 1.54) is 40.9 Å². The summed E-state index contributed by atoms with van der Waals surface area (Å²) in [6, 6.07) is 13.3. The predicted molar refractivity (Wildman–Crippen MR) is 131 cm³/mol. The van der Waals surface area contributed by atoms with Gasteiger partial charge in [-0.3, -0.25) is 14.4 Å². The molecule has 1 aliphatic rings. The number of nitrogens with zero attached hydrogens (tertiary/aromatic N) is 1. The van der Waals surface area contributed by atoms with E-state index < -0.39 is 35.5 Å². The second-order valence-electron chi connectivity index (χ2n) is 9.32. The lowest BCUT2D eigenvalue weighted by atomic mass is 9.99. The smallest absolute Gasteiger partial charge is 0.254 e. The lowest BCUT2D eigenvalue weighted by molar-refractivity contribution is -0.146. The van der Waals surface area contributed by atoms with E-state index >= 15 is 0 Å². The van der Waals surface area contributed by atoms with Crippen LogP contribution in [0.4, 0.5) is 0 Å². The molecule has 3 amide bonds. The van der Waals surface area contributed by atoms with Crippen molar-refractivity contribution in [3.05, 3.63) is 65.7 Å².